The number of halogens is 2. The highest BCUT2D eigenvalue weighted by atomic mass is 79.9. The summed E-state index contributed by atoms with van der Waals surface area (Å²) in [6.45, 7) is 2.50. The van der Waals surface area contributed by atoms with E-state index >= 15 is 0 Å². The summed E-state index contributed by atoms with van der Waals surface area (Å²) < 4.78 is 40.3. The van der Waals surface area contributed by atoms with Gasteiger partial charge in [0.1, 0.15) is 10.7 Å². The number of anilines is 1. The molecular formula is C12H14BrFN2O2S. The average Bonchev–Trinajstić information content (AvgIpc) is 2.33. The van der Waals surface area contributed by atoms with Crippen LogP contribution in [0.15, 0.2) is 33.2 Å². The van der Waals surface area contributed by atoms with Crippen molar-refractivity contribution in [2.24, 2.45) is 0 Å². The van der Waals surface area contributed by atoms with Crippen molar-refractivity contribution in [2.75, 3.05) is 18.8 Å². The zero-order valence-corrected chi connectivity index (χ0v) is 12.8. The number of hydrogen-bond donors (Lipinski definition) is 1. The first-order valence-corrected chi connectivity index (χ1v) is 7.96. The minimum atomic E-state index is -3.85. The lowest BCUT2D eigenvalue weighted by atomic mass is 10.2. The third-order valence-electron chi connectivity index (χ3n) is 2.97. The van der Waals surface area contributed by atoms with Gasteiger partial charge in [0.05, 0.1) is 0 Å². The van der Waals surface area contributed by atoms with Gasteiger partial charge in [-0.05, 0) is 41.4 Å². The Balaban J connectivity index is 2.45. The summed E-state index contributed by atoms with van der Waals surface area (Å²) >= 11 is 3.07. The Kier molecular flexibility index (Phi) is 3.98. The van der Waals surface area contributed by atoms with E-state index in [1.54, 1.807) is 0 Å². The molecule has 1 aromatic rings. The molecule has 7 heteroatoms. The number of nitrogens with zero attached hydrogens (tertiary/aromatic N) is 1. The van der Waals surface area contributed by atoms with Gasteiger partial charge in [0, 0.05) is 23.2 Å². The molecular weight excluding hydrogens is 335 g/mol. The molecule has 1 heterocycles. The van der Waals surface area contributed by atoms with Crippen LogP contribution in [0.25, 0.3) is 0 Å². The summed E-state index contributed by atoms with van der Waals surface area (Å²) in [7, 11) is -3.85. The van der Waals surface area contributed by atoms with Gasteiger partial charge in [0.15, 0.2) is 0 Å². The van der Waals surface area contributed by atoms with Gasteiger partial charge in [-0.25, -0.2) is 12.8 Å². The maximum atomic E-state index is 13.9. The smallest absolute Gasteiger partial charge is 0.246 e. The SMILES string of the molecule is CC1=CCCN(S(=O)(=O)c2cc(N)c(Br)cc2F)C1. The first-order valence-electron chi connectivity index (χ1n) is 5.72. The van der Waals surface area contributed by atoms with Crippen molar-refractivity contribution in [3.8, 4) is 0 Å². The highest BCUT2D eigenvalue weighted by Crippen LogP contribution is 2.29. The lowest BCUT2D eigenvalue weighted by Gasteiger charge is -2.25. The molecule has 104 valence electrons. The molecule has 0 fully saturated rings. The van der Waals surface area contributed by atoms with Gasteiger partial charge in [0.25, 0.3) is 0 Å². The van der Waals surface area contributed by atoms with Crippen LogP contribution in [0.3, 0.4) is 0 Å². The third kappa shape index (κ3) is 2.82. The highest BCUT2D eigenvalue weighted by molar-refractivity contribution is 9.10. The van der Waals surface area contributed by atoms with Gasteiger partial charge in [-0.3, -0.25) is 0 Å². The first-order chi connectivity index (χ1) is 8.82. The van der Waals surface area contributed by atoms with Crippen LogP contribution >= 0.6 is 15.9 Å². The van der Waals surface area contributed by atoms with Crippen molar-refractivity contribution in [1.29, 1.82) is 0 Å². The second-order valence-electron chi connectivity index (χ2n) is 4.48. The monoisotopic (exact) mass is 348 g/mol. The summed E-state index contributed by atoms with van der Waals surface area (Å²) in [5.74, 6) is -0.798. The van der Waals surface area contributed by atoms with Crippen molar-refractivity contribution in [2.45, 2.75) is 18.2 Å². The quantitative estimate of drug-likeness (QED) is 0.659. The van der Waals surface area contributed by atoms with Crippen LogP contribution in [0.2, 0.25) is 0 Å². The Morgan fingerprint density at radius 2 is 2.11 bits per heavy atom. The van der Waals surface area contributed by atoms with Crippen LogP contribution in [0.5, 0.6) is 0 Å². The molecule has 1 aliphatic rings. The molecule has 2 rings (SSSR count). The first kappa shape index (κ1) is 14.5. The van der Waals surface area contributed by atoms with Gasteiger partial charge >= 0.3 is 0 Å². The summed E-state index contributed by atoms with van der Waals surface area (Å²) in [5.41, 5.74) is 6.79. The van der Waals surface area contributed by atoms with Crippen LogP contribution < -0.4 is 5.73 Å². The van der Waals surface area contributed by atoms with Crippen LogP contribution in [0, 0.1) is 5.82 Å². The van der Waals surface area contributed by atoms with Crippen molar-refractivity contribution < 1.29 is 12.8 Å². The van der Waals surface area contributed by atoms with Gasteiger partial charge in [0.2, 0.25) is 10.0 Å². The zero-order valence-electron chi connectivity index (χ0n) is 10.4. The van der Waals surface area contributed by atoms with Crippen molar-refractivity contribution >= 4 is 31.6 Å². The van der Waals surface area contributed by atoms with E-state index in [9.17, 15) is 12.8 Å². The molecule has 0 spiro atoms. The number of nitrogen functional groups attached to an aromatic ring is 1. The molecule has 19 heavy (non-hydrogen) atoms. The standard InChI is InChI=1S/C12H14BrFN2O2S/c1-8-3-2-4-16(7-8)19(17,18)12-6-11(15)9(13)5-10(12)14/h3,5-6H,2,4,7,15H2,1H3. The number of benzene rings is 1. The maximum absolute atomic E-state index is 13.9. The molecule has 0 bridgehead atoms. The highest BCUT2D eigenvalue weighted by Gasteiger charge is 2.29. The van der Waals surface area contributed by atoms with E-state index in [1.807, 2.05) is 13.0 Å². The molecule has 1 aliphatic heterocycles. The fourth-order valence-electron chi connectivity index (χ4n) is 1.96. The summed E-state index contributed by atoms with van der Waals surface area (Å²) in [6.07, 6.45) is 2.62. The van der Waals surface area contributed by atoms with E-state index in [0.29, 0.717) is 17.4 Å². The lowest BCUT2D eigenvalue weighted by molar-refractivity contribution is 0.423. The van der Waals surface area contributed by atoms with E-state index in [1.165, 1.54) is 4.31 Å². The molecule has 0 saturated heterocycles. The molecule has 0 unspecified atom stereocenters. The second kappa shape index (κ2) is 5.22. The van der Waals surface area contributed by atoms with Gasteiger partial charge < -0.3 is 5.73 Å². The lowest BCUT2D eigenvalue weighted by Crippen LogP contribution is -2.35. The van der Waals surface area contributed by atoms with E-state index in [4.69, 9.17) is 5.73 Å². The van der Waals surface area contributed by atoms with Crippen LogP contribution in [-0.2, 0) is 10.0 Å². The Morgan fingerprint density at radius 3 is 2.74 bits per heavy atom. The molecule has 0 atom stereocenters. The summed E-state index contributed by atoms with van der Waals surface area (Å²) in [5, 5.41) is 0. The molecule has 0 saturated carbocycles. The Labute approximate surface area is 120 Å². The summed E-state index contributed by atoms with van der Waals surface area (Å²) in [4.78, 5) is -0.372. The van der Waals surface area contributed by atoms with E-state index < -0.39 is 15.8 Å². The zero-order chi connectivity index (χ0) is 14.2. The molecule has 0 radical (unpaired) electrons. The van der Waals surface area contributed by atoms with Crippen LogP contribution in [-0.4, -0.2) is 25.8 Å². The Bertz CT molecular complexity index is 643. The van der Waals surface area contributed by atoms with Crippen molar-refractivity contribution in [3.63, 3.8) is 0 Å². The largest absolute Gasteiger partial charge is 0.398 e. The number of sulfonamides is 1. The second-order valence-corrected chi connectivity index (χ2v) is 7.24. The minimum absolute atomic E-state index is 0.198. The van der Waals surface area contributed by atoms with Crippen LogP contribution in [0.4, 0.5) is 10.1 Å². The van der Waals surface area contributed by atoms with Crippen molar-refractivity contribution in [1.82, 2.24) is 4.31 Å². The molecule has 1 aromatic carbocycles. The topological polar surface area (TPSA) is 63.4 Å². The maximum Gasteiger partial charge on any atom is 0.246 e. The molecule has 4 nitrogen and oxygen atoms in total. The molecule has 2 N–H and O–H groups in total. The molecule has 0 aliphatic carbocycles. The number of nitrogens with two attached hydrogens (primary N) is 1. The Hall–Kier alpha value is -0.920. The van der Waals surface area contributed by atoms with Gasteiger partial charge in [-0.1, -0.05) is 11.6 Å². The van der Waals surface area contributed by atoms with E-state index in [2.05, 4.69) is 15.9 Å². The van der Waals surface area contributed by atoms with Gasteiger partial charge in [-0.2, -0.15) is 4.31 Å². The van der Waals surface area contributed by atoms with E-state index in [-0.39, 0.29) is 17.1 Å². The molecule has 0 amide bonds. The number of rotatable bonds is 2. The predicted molar refractivity (Wildman–Crippen MR) is 75.6 cm³/mol. The molecule has 0 aromatic heterocycles. The van der Waals surface area contributed by atoms with E-state index in [0.717, 1.165) is 17.7 Å². The Morgan fingerprint density at radius 1 is 1.42 bits per heavy atom. The fourth-order valence-corrected chi connectivity index (χ4v) is 3.86. The normalized spacial score (nSPS) is 17.3. The van der Waals surface area contributed by atoms with Crippen molar-refractivity contribution in [3.05, 3.63) is 34.1 Å². The predicted octanol–water partition coefficient (Wildman–Crippen LogP) is 2.51. The fraction of sp³-hybridized carbons (Fsp3) is 0.333. The third-order valence-corrected chi connectivity index (χ3v) is 5.51. The van der Waals surface area contributed by atoms with Crippen LogP contribution in [0.1, 0.15) is 13.3 Å². The summed E-state index contributed by atoms with van der Waals surface area (Å²) in [6, 6.07) is 2.23. The number of hydrogen-bond acceptors (Lipinski definition) is 3. The minimum Gasteiger partial charge on any atom is -0.398 e. The van der Waals surface area contributed by atoms with Gasteiger partial charge in [-0.15, -0.1) is 0 Å². The average molecular weight is 349 g/mol.